The summed E-state index contributed by atoms with van der Waals surface area (Å²) in [5.41, 5.74) is 2.49. The topological polar surface area (TPSA) is 67.9 Å². The third-order valence-corrected chi connectivity index (χ3v) is 5.37. The summed E-state index contributed by atoms with van der Waals surface area (Å²) in [6, 6.07) is 11.0. The number of fused-ring (bicyclic) bond motifs is 1. The van der Waals surface area contributed by atoms with E-state index in [1.807, 2.05) is 37.3 Å². The van der Waals surface area contributed by atoms with Crippen LogP contribution < -0.4 is 19.7 Å². The molecule has 0 spiro atoms. The van der Waals surface area contributed by atoms with E-state index in [0.717, 1.165) is 16.8 Å². The van der Waals surface area contributed by atoms with Gasteiger partial charge in [-0.25, -0.2) is 0 Å². The Morgan fingerprint density at radius 3 is 2.93 bits per heavy atom. The van der Waals surface area contributed by atoms with Gasteiger partial charge in [-0.05, 0) is 48.7 Å². The first-order valence-corrected chi connectivity index (χ1v) is 9.15. The number of carbonyl (C=O) groups is 2. The molecule has 0 bridgehead atoms. The Morgan fingerprint density at radius 1 is 1.26 bits per heavy atom. The molecular formula is C20H19ClN2O4. The van der Waals surface area contributed by atoms with E-state index in [1.54, 1.807) is 11.0 Å². The lowest BCUT2D eigenvalue weighted by atomic mass is 10.1. The van der Waals surface area contributed by atoms with Gasteiger partial charge in [-0.1, -0.05) is 23.7 Å². The number of nitrogens with zero attached hydrogens (tertiary/aromatic N) is 1. The van der Waals surface area contributed by atoms with E-state index >= 15 is 0 Å². The number of anilines is 1. The summed E-state index contributed by atoms with van der Waals surface area (Å²) in [5, 5.41) is 3.46. The zero-order valence-electron chi connectivity index (χ0n) is 14.8. The quantitative estimate of drug-likeness (QED) is 0.820. The van der Waals surface area contributed by atoms with Crippen molar-refractivity contribution < 1.29 is 19.1 Å². The van der Waals surface area contributed by atoms with E-state index in [0.29, 0.717) is 36.0 Å². The molecule has 2 amide bonds. The van der Waals surface area contributed by atoms with Crippen molar-refractivity contribution in [3.63, 3.8) is 0 Å². The van der Waals surface area contributed by atoms with Gasteiger partial charge in [-0.15, -0.1) is 0 Å². The minimum Gasteiger partial charge on any atom is -0.454 e. The zero-order chi connectivity index (χ0) is 19.0. The lowest BCUT2D eigenvalue weighted by molar-refractivity contribution is -0.132. The lowest BCUT2D eigenvalue weighted by Gasteiger charge is -2.19. The molecule has 1 fully saturated rings. The molecule has 1 N–H and O–H groups in total. The maximum Gasteiger partial charge on any atom is 0.239 e. The minimum absolute atomic E-state index is 0.191. The van der Waals surface area contributed by atoms with Crippen molar-refractivity contribution >= 4 is 29.1 Å². The molecule has 1 unspecified atom stereocenters. The second-order valence-corrected chi connectivity index (χ2v) is 7.03. The Bertz CT molecular complexity index is 915. The van der Waals surface area contributed by atoms with Gasteiger partial charge in [0.2, 0.25) is 18.6 Å². The molecule has 0 saturated carbocycles. The van der Waals surface area contributed by atoms with E-state index in [4.69, 9.17) is 21.1 Å². The van der Waals surface area contributed by atoms with Crippen molar-refractivity contribution in [2.45, 2.75) is 19.9 Å². The first-order valence-electron chi connectivity index (χ1n) is 8.77. The molecular weight excluding hydrogens is 368 g/mol. The third kappa shape index (κ3) is 3.32. The van der Waals surface area contributed by atoms with Gasteiger partial charge in [0.1, 0.15) is 5.92 Å². The average Bonchev–Trinajstić information content (AvgIpc) is 3.28. The lowest BCUT2D eigenvalue weighted by Crippen LogP contribution is -2.36. The van der Waals surface area contributed by atoms with Crippen LogP contribution in [0.4, 0.5) is 5.69 Å². The van der Waals surface area contributed by atoms with Crippen molar-refractivity contribution in [3.05, 3.63) is 52.5 Å². The van der Waals surface area contributed by atoms with Crippen LogP contribution in [0, 0.1) is 12.8 Å². The fraction of sp³-hybridized carbons (Fsp3) is 0.300. The first kappa shape index (κ1) is 17.7. The average molecular weight is 387 g/mol. The Kier molecular flexibility index (Phi) is 4.66. The van der Waals surface area contributed by atoms with Crippen LogP contribution in [0.15, 0.2) is 36.4 Å². The number of amides is 2. The van der Waals surface area contributed by atoms with E-state index in [2.05, 4.69) is 5.32 Å². The van der Waals surface area contributed by atoms with Crippen molar-refractivity contribution in [3.8, 4) is 11.5 Å². The Labute approximate surface area is 162 Å². The second-order valence-electron chi connectivity index (χ2n) is 6.62. The largest absolute Gasteiger partial charge is 0.454 e. The summed E-state index contributed by atoms with van der Waals surface area (Å²) in [7, 11) is 0. The zero-order valence-corrected chi connectivity index (χ0v) is 15.6. The van der Waals surface area contributed by atoms with Crippen LogP contribution in [-0.2, 0) is 16.1 Å². The molecule has 2 aliphatic rings. The summed E-state index contributed by atoms with van der Waals surface area (Å²) < 4.78 is 10.6. The van der Waals surface area contributed by atoms with Crippen LogP contribution >= 0.6 is 11.6 Å². The molecule has 27 heavy (non-hydrogen) atoms. The Hall–Kier alpha value is -2.73. The number of ether oxygens (including phenoxy) is 2. The van der Waals surface area contributed by atoms with Crippen molar-refractivity contribution in [2.24, 2.45) is 5.92 Å². The molecule has 2 aromatic carbocycles. The van der Waals surface area contributed by atoms with Crippen LogP contribution in [0.3, 0.4) is 0 Å². The molecule has 2 aromatic rings. The minimum atomic E-state index is -0.683. The number of hydrogen-bond donors (Lipinski definition) is 1. The third-order valence-electron chi connectivity index (χ3n) is 4.96. The van der Waals surface area contributed by atoms with Crippen LogP contribution in [-0.4, -0.2) is 25.2 Å². The molecule has 2 aliphatic heterocycles. The van der Waals surface area contributed by atoms with Gasteiger partial charge in [-0.3, -0.25) is 9.59 Å². The van der Waals surface area contributed by atoms with Crippen LogP contribution in [0.2, 0.25) is 5.02 Å². The molecule has 140 valence electrons. The fourth-order valence-corrected chi connectivity index (χ4v) is 3.58. The summed E-state index contributed by atoms with van der Waals surface area (Å²) in [5.74, 6) is 0.227. The summed E-state index contributed by atoms with van der Waals surface area (Å²) in [4.78, 5) is 27.0. The fourth-order valence-electron chi connectivity index (χ4n) is 3.41. The molecule has 7 heteroatoms. The highest BCUT2D eigenvalue weighted by Crippen LogP contribution is 2.33. The molecule has 4 rings (SSSR count). The van der Waals surface area contributed by atoms with Crippen LogP contribution in [0.25, 0.3) is 0 Å². The molecule has 6 nitrogen and oxygen atoms in total. The second kappa shape index (κ2) is 7.12. The van der Waals surface area contributed by atoms with Gasteiger partial charge < -0.3 is 19.7 Å². The summed E-state index contributed by atoms with van der Waals surface area (Å²) in [6.45, 7) is 2.91. The molecule has 1 saturated heterocycles. The van der Waals surface area contributed by atoms with Gasteiger partial charge in [-0.2, -0.15) is 0 Å². The molecule has 0 aromatic heterocycles. The van der Waals surface area contributed by atoms with Gasteiger partial charge in [0, 0.05) is 23.8 Å². The number of carbonyl (C=O) groups excluding carboxylic acids is 2. The summed E-state index contributed by atoms with van der Waals surface area (Å²) in [6.07, 6.45) is 0.484. The highest BCUT2D eigenvalue weighted by molar-refractivity contribution is 6.31. The monoisotopic (exact) mass is 386 g/mol. The first-order chi connectivity index (χ1) is 13.0. The predicted octanol–water partition coefficient (Wildman–Crippen LogP) is 3.05. The van der Waals surface area contributed by atoms with Gasteiger partial charge in [0.25, 0.3) is 0 Å². The molecule has 0 aliphatic carbocycles. The Morgan fingerprint density at radius 2 is 2.07 bits per heavy atom. The number of benzene rings is 2. The van der Waals surface area contributed by atoms with E-state index < -0.39 is 5.92 Å². The van der Waals surface area contributed by atoms with Crippen molar-refractivity contribution in [2.75, 3.05) is 18.2 Å². The Balaban J connectivity index is 1.41. The van der Waals surface area contributed by atoms with Crippen LogP contribution in [0.1, 0.15) is 17.5 Å². The summed E-state index contributed by atoms with van der Waals surface area (Å²) >= 11 is 6.16. The van der Waals surface area contributed by atoms with E-state index in [-0.39, 0.29) is 18.6 Å². The van der Waals surface area contributed by atoms with E-state index in [9.17, 15) is 9.59 Å². The van der Waals surface area contributed by atoms with Crippen molar-refractivity contribution in [1.82, 2.24) is 5.32 Å². The van der Waals surface area contributed by atoms with Crippen LogP contribution in [0.5, 0.6) is 11.5 Å². The van der Waals surface area contributed by atoms with E-state index in [1.165, 1.54) is 0 Å². The standard InChI is InChI=1S/C20H19ClN2O4/c1-12-15(21)3-2-4-16(12)23-8-7-14(20(23)25)19(24)22-10-13-5-6-17-18(9-13)27-11-26-17/h2-6,9,14H,7-8,10-11H2,1H3,(H,22,24). The number of rotatable bonds is 4. The maximum absolute atomic E-state index is 12.8. The smallest absolute Gasteiger partial charge is 0.239 e. The van der Waals surface area contributed by atoms with Gasteiger partial charge in [0.15, 0.2) is 11.5 Å². The molecule has 2 heterocycles. The number of hydrogen-bond acceptors (Lipinski definition) is 4. The highest BCUT2D eigenvalue weighted by atomic mass is 35.5. The highest BCUT2D eigenvalue weighted by Gasteiger charge is 2.38. The SMILES string of the molecule is Cc1c(Cl)cccc1N1CCC(C(=O)NCc2ccc3c(c2)OCO3)C1=O. The number of nitrogens with one attached hydrogen (secondary N) is 1. The molecule has 0 radical (unpaired) electrons. The predicted molar refractivity (Wildman–Crippen MR) is 101 cm³/mol. The van der Waals surface area contributed by atoms with Gasteiger partial charge in [0.05, 0.1) is 0 Å². The normalized spacial score (nSPS) is 18.1. The number of halogens is 1. The van der Waals surface area contributed by atoms with Gasteiger partial charge >= 0.3 is 0 Å². The maximum atomic E-state index is 12.8. The van der Waals surface area contributed by atoms with Crippen molar-refractivity contribution in [1.29, 1.82) is 0 Å². The molecule has 1 atom stereocenters.